The Morgan fingerprint density at radius 3 is 2.43 bits per heavy atom. The normalized spacial score (nSPS) is 14.6. The summed E-state index contributed by atoms with van der Waals surface area (Å²) in [5.41, 5.74) is 1.85. The van der Waals surface area contributed by atoms with Gasteiger partial charge in [-0.1, -0.05) is 23.7 Å². The molecule has 0 saturated carbocycles. The van der Waals surface area contributed by atoms with E-state index in [0.717, 1.165) is 30.2 Å². The number of carbonyl (C=O) groups excluding carboxylic acids is 1. The third-order valence-corrected chi connectivity index (χ3v) is 5.37. The molecule has 1 aliphatic rings. The predicted octanol–water partition coefficient (Wildman–Crippen LogP) is 4.47. The molecule has 0 spiro atoms. The number of rotatable bonds is 5. The highest BCUT2D eigenvalue weighted by Gasteiger charge is 2.24. The summed E-state index contributed by atoms with van der Waals surface area (Å²) in [6.07, 6.45) is 0. The van der Waals surface area contributed by atoms with Crippen LogP contribution in [0.25, 0.3) is 11.3 Å². The Kier molecular flexibility index (Phi) is 5.83. The summed E-state index contributed by atoms with van der Waals surface area (Å²) in [7, 11) is 0. The number of nitrogens with zero attached hydrogens (tertiary/aromatic N) is 3. The van der Waals surface area contributed by atoms with Crippen molar-refractivity contribution in [2.75, 3.05) is 26.2 Å². The molecule has 4 rings (SSSR count). The van der Waals surface area contributed by atoms with Crippen molar-refractivity contribution in [2.45, 2.75) is 6.54 Å². The lowest BCUT2D eigenvalue weighted by atomic mass is 10.1. The Labute approximate surface area is 178 Å². The van der Waals surface area contributed by atoms with E-state index in [1.807, 2.05) is 24.3 Å². The van der Waals surface area contributed by atoms with Crippen molar-refractivity contribution < 1.29 is 14.1 Å². The number of non-ortho nitro benzene ring substituents is 1. The second kappa shape index (κ2) is 8.69. The Morgan fingerprint density at radius 1 is 1.03 bits per heavy atom. The lowest BCUT2D eigenvalue weighted by molar-refractivity contribution is -0.384. The van der Waals surface area contributed by atoms with Gasteiger partial charge in [-0.3, -0.25) is 19.8 Å². The molecule has 0 aliphatic carbocycles. The molecular formula is C22H20ClN3O4. The van der Waals surface area contributed by atoms with Gasteiger partial charge in [-0.2, -0.15) is 0 Å². The third kappa shape index (κ3) is 4.53. The number of nitro benzene ring substituents is 1. The van der Waals surface area contributed by atoms with Crippen LogP contribution in [0.2, 0.25) is 5.02 Å². The second-order valence-electron chi connectivity index (χ2n) is 7.17. The van der Waals surface area contributed by atoms with Crippen LogP contribution < -0.4 is 0 Å². The quantitative estimate of drug-likeness (QED) is 0.445. The Morgan fingerprint density at radius 2 is 1.77 bits per heavy atom. The summed E-state index contributed by atoms with van der Waals surface area (Å²) in [5, 5.41) is 11.5. The van der Waals surface area contributed by atoms with E-state index in [1.54, 1.807) is 29.2 Å². The second-order valence-corrected chi connectivity index (χ2v) is 7.60. The molecule has 1 fully saturated rings. The van der Waals surface area contributed by atoms with Gasteiger partial charge in [0.15, 0.2) is 5.76 Å². The first-order valence-electron chi connectivity index (χ1n) is 9.60. The molecule has 0 unspecified atom stereocenters. The van der Waals surface area contributed by atoms with E-state index >= 15 is 0 Å². The van der Waals surface area contributed by atoms with Crippen molar-refractivity contribution in [2.24, 2.45) is 0 Å². The van der Waals surface area contributed by atoms with Crippen molar-refractivity contribution in [3.63, 3.8) is 0 Å². The van der Waals surface area contributed by atoms with Crippen molar-refractivity contribution in [3.05, 3.63) is 87.1 Å². The van der Waals surface area contributed by atoms with E-state index in [4.69, 9.17) is 16.0 Å². The molecule has 8 heteroatoms. The van der Waals surface area contributed by atoms with Crippen LogP contribution in [0.4, 0.5) is 5.69 Å². The molecule has 154 valence electrons. The SMILES string of the molecule is O=C(c1ccc(-c2ccc([N+](=O)[O-])cc2)o1)N1CCN(Cc2cccc(Cl)c2)CC1. The molecule has 0 N–H and O–H groups in total. The number of piperazine rings is 1. The molecule has 1 amide bonds. The summed E-state index contributed by atoms with van der Waals surface area (Å²) in [6, 6.07) is 17.2. The van der Waals surface area contributed by atoms with E-state index in [9.17, 15) is 14.9 Å². The molecule has 1 aromatic heterocycles. The monoisotopic (exact) mass is 425 g/mol. The highest BCUT2D eigenvalue weighted by Crippen LogP contribution is 2.25. The number of carbonyl (C=O) groups is 1. The fourth-order valence-electron chi connectivity index (χ4n) is 3.51. The molecular weight excluding hydrogens is 406 g/mol. The number of nitro groups is 1. The smallest absolute Gasteiger partial charge is 0.289 e. The lowest BCUT2D eigenvalue weighted by Crippen LogP contribution is -2.48. The first kappa shape index (κ1) is 20.1. The molecule has 30 heavy (non-hydrogen) atoms. The van der Waals surface area contributed by atoms with E-state index < -0.39 is 4.92 Å². The van der Waals surface area contributed by atoms with Crippen LogP contribution in [0.1, 0.15) is 16.1 Å². The maximum atomic E-state index is 12.8. The van der Waals surface area contributed by atoms with Gasteiger partial charge in [-0.25, -0.2) is 0 Å². The number of hydrogen-bond acceptors (Lipinski definition) is 5. The summed E-state index contributed by atoms with van der Waals surface area (Å²) in [5.74, 6) is 0.630. The van der Waals surface area contributed by atoms with Crippen molar-refractivity contribution in [1.29, 1.82) is 0 Å². The molecule has 0 radical (unpaired) electrons. The van der Waals surface area contributed by atoms with Crippen LogP contribution >= 0.6 is 11.6 Å². The molecule has 1 saturated heterocycles. The van der Waals surface area contributed by atoms with Crippen LogP contribution in [0.15, 0.2) is 65.1 Å². The minimum atomic E-state index is -0.451. The van der Waals surface area contributed by atoms with Crippen LogP contribution in [-0.4, -0.2) is 46.8 Å². The molecule has 3 aromatic rings. The van der Waals surface area contributed by atoms with Crippen LogP contribution in [0.5, 0.6) is 0 Å². The van der Waals surface area contributed by atoms with E-state index in [-0.39, 0.29) is 17.4 Å². The zero-order valence-corrected chi connectivity index (χ0v) is 16.9. The highest BCUT2D eigenvalue weighted by molar-refractivity contribution is 6.30. The van der Waals surface area contributed by atoms with Crippen molar-refractivity contribution in [3.8, 4) is 11.3 Å². The number of amides is 1. The molecule has 1 aliphatic heterocycles. The minimum Gasteiger partial charge on any atom is -0.451 e. The van der Waals surface area contributed by atoms with E-state index in [2.05, 4.69) is 4.90 Å². The number of benzene rings is 2. The number of furan rings is 1. The molecule has 0 bridgehead atoms. The molecule has 0 atom stereocenters. The maximum Gasteiger partial charge on any atom is 0.289 e. The fourth-order valence-corrected chi connectivity index (χ4v) is 3.73. The Bertz CT molecular complexity index is 1060. The summed E-state index contributed by atoms with van der Waals surface area (Å²) >= 11 is 6.05. The molecule has 2 aromatic carbocycles. The van der Waals surface area contributed by atoms with E-state index in [0.29, 0.717) is 24.4 Å². The van der Waals surface area contributed by atoms with Crippen molar-refractivity contribution in [1.82, 2.24) is 9.80 Å². The molecule has 2 heterocycles. The fraction of sp³-hybridized carbons (Fsp3) is 0.227. The summed E-state index contributed by atoms with van der Waals surface area (Å²) < 4.78 is 5.73. The standard InChI is InChI=1S/C22H20ClN3O4/c23-18-3-1-2-16(14-18)15-24-10-12-25(13-11-24)22(27)21-9-8-20(30-21)17-4-6-19(7-5-17)26(28)29/h1-9,14H,10-13,15H2. The van der Waals surface area contributed by atoms with Crippen LogP contribution in [-0.2, 0) is 6.54 Å². The minimum absolute atomic E-state index is 0.0113. The zero-order chi connectivity index (χ0) is 21.1. The van der Waals surface area contributed by atoms with Gasteiger partial charge < -0.3 is 9.32 Å². The van der Waals surface area contributed by atoms with Gasteiger partial charge in [0.25, 0.3) is 11.6 Å². The molecule has 7 nitrogen and oxygen atoms in total. The predicted molar refractivity (Wildman–Crippen MR) is 113 cm³/mol. The van der Waals surface area contributed by atoms with Gasteiger partial charge in [0, 0.05) is 55.4 Å². The largest absolute Gasteiger partial charge is 0.451 e. The maximum absolute atomic E-state index is 12.8. The first-order chi connectivity index (χ1) is 14.5. The lowest BCUT2D eigenvalue weighted by Gasteiger charge is -2.34. The third-order valence-electron chi connectivity index (χ3n) is 5.13. The van der Waals surface area contributed by atoms with Gasteiger partial charge >= 0.3 is 0 Å². The van der Waals surface area contributed by atoms with E-state index in [1.165, 1.54) is 12.1 Å². The van der Waals surface area contributed by atoms with Gasteiger partial charge in [0.1, 0.15) is 5.76 Å². The number of halogens is 1. The first-order valence-corrected chi connectivity index (χ1v) is 9.98. The highest BCUT2D eigenvalue weighted by atomic mass is 35.5. The average molecular weight is 426 g/mol. The topological polar surface area (TPSA) is 79.8 Å². The van der Waals surface area contributed by atoms with Gasteiger partial charge in [0.2, 0.25) is 0 Å². The van der Waals surface area contributed by atoms with Gasteiger partial charge in [-0.05, 0) is 42.0 Å². The number of hydrogen-bond donors (Lipinski definition) is 0. The summed E-state index contributed by atoms with van der Waals surface area (Å²) in [6.45, 7) is 3.58. The average Bonchev–Trinajstić information content (AvgIpc) is 3.24. The Balaban J connectivity index is 1.36. The van der Waals surface area contributed by atoms with Crippen LogP contribution in [0.3, 0.4) is 0 Å². The van der Waals surface area contributed by atoms with Crippen molar-refractivity contribution >= 4 is 23.2 Å². The Hall–Kier alpha value is -3.16. The van der Waals surface area contributed by atoms with Gasteiger partial charge in [-0.15, -0.1) is 0 Å². The summed E-state index contributed by atoms with van der Waals surface area (Å²) in [4.78, 5) is 27.2. The zero-order valence-electron chi connectivity index (χ0n) is 16.2. The van der Waals surface area contributed by atoms with Gasteiger partial charge in [0.05, 0.1) is 4.92 Å². The van der Waals surface area contributed by atoms with Crippen LogP contribution in [0, 0.1) is 10.1 Å².